The molecule has 1 aromatic heterocycles. The van der Waals surface area contributed by atoms with Crippen molar-refractivity contribution in [2.75, 3.05) is 0 Å². The van der Waals surface area contributed by atoms with Crippen LogP contribution in [0.5, 0.6) is 11.5 Å². The summed E-state index contributed by atoms with van der Waals surface area (Å²) in [6, 6.07) is 23.9. The van der Waals surface area contributed by atoms with Crippen LogP contribution < -0.4 is 4.74 Å². The van der Waals surface area contributed by atoms with Crippen LogP contribution in [0.15, 0.2) is 72.9 Å². The molecule has 34 heavy (non-hydrogen) atoms. The van der Waals surface area contributed by atoms with E-state index in [0.29, 0.717) is 0 Å². The maximum atomic E-state index is 6.59. The van der Waals surface area contributed by atoms with Crippen LogP contribution in [0.1, 0.15) is 27.8 Å². The molecule has 0 atom stereocenters. The fourth-order valence-electron chi connectivity index (χ4n) is 5.55. The average Bonchev–Trinajstić information content (AvgIpc) is 2.82. The van der Waals surface area contributed by atoms with Crippen molar-refractivity contribution in [1.82, 2.24) is 4.98 Å². The zero-order valence-corrected chi connectivity index (χ0v) is 20.3. The molecule has 2 heteroatoms. The fraction of sp³-hybridized carbons (Fsp3) is 0.156. The van der Waals surface area contributed by atoms with Gasteiger partial charge in [-0.2, -0.15) is 0 Å². The number of benzene rings is 4. The number of pyridine rings is 1. The number of rotatable bonds is 2. The summed E-state index contributed by atoms with van der Waals surface area (Å²) >= 11 is 0. The summed E-state index contributed by atoms with van der Waals surface area (Å²) in [5.41, 5.74) is 13.1. The molecule has 166 valence electrons. The molecule has 0 amide bonds. The van der Waals surface area contributed by atoms with Gasteiger partial charge in [-0.05, 0) is 97.1 Å². The van der Waals surface area contributed by atoms with E-state index >= 15 is 0 Å². The van der Waals surface area contributed by atoms with E-state index in [2.05, 4.69) is 101 Å². The van der Waals surface area contributed by atoms with Crippen molar-refractivity contribution in [3.63, 3.8) is 0 Å². The number of para-hydroxylation sites is 1. The maximum absolute atomic E-state index is 6.59. The zero-order valence-electron chi connectivity index (χ0n) is 20.3. The number of aromatic nitrogens is 1. The Labute approximate surface area is 200 Å². The van der Waals surface area contributed by atoms with E-state index in [9.17, 15) is 0 Å². The lowest BCUT2D eigenvalue weighted by Crippen LogP contribution is -2.01. The highest BCUT2D eigenvalue weighted by atomic mass is 16.5. The first-order valence-corrected chi connectivity index (χ1v) is 11.8. The highest BCUT2D eigenvalue weighted by molar-refractivity contribution is 6.06. The number of fused-ring (bicyclic) bond motifs is 2. The Morgan fingerprint density at radius 2 is 1.32 bits per heavy atom. The van der Waals surface area contributed by atoms with Crippen molar-refractivity contribution in [3.8, 4) is 45.0 Å². The Morgan fingerprint density at radius 3 is 2.12 bits per heavy atom. The molecule has 1 aliphatic rings. The van der Waals surface area contributed by atoms with Crippen LogP contribution in [0.3, 0.4) is 0 Å². The zero-order chi connectivity index (χ0) is 23.6. The van der Waals surface area contributed by atoms with Gasteiger partial charge in [0.1, 0.15) is 11.5 Å². The minimum absolute atomic E-state index is 0.881. The Hall–Kier alpha value is -3.91. The van der Waals surface area contributed by atoms with Gasteiger partial charge in [-0.25, -0.2) is 0 Å². The van der Waals surface area contributed by atoms with Crippen LogP contribution in [0.25, 0.3) is 44.3 Å². The topological polar surface area (TPSA) is 22.1 Å². The van der Waals surface area contributed by atoms with E-state index in [1.54, 1.807) is 0 Å². The van der Waals surface area contributed by atoms with Crippen LogP contribution in [0.2, 0.25) is 0 Å². The molecule has 0 aliphatic carbocycles. The van der Waals surface area contributed by atoms with E-state index in [0.717, 1.165) is 28.3 Å². The maximum Gasteiger partial charge on any atom is 0.144 e. The minimum Gasteiger partial charge on any atom is -0.455 e. The molecule has 1 aliphatic heterocycles. The van der Waals surface area contributed by atoms with Crippen molar-refractivity contribution >= 4 is 10.8 Å². The summed E-state index contributed by atoms with van der Waals surface area (Å²) in [6.07, 6.45) is 1.99. The van der Waals surface area contributed by atoms with E-state index < -0.39 is 0 Å². The molecule has 0 fully saturated rings. The first kappa shape index (κ1) is 20.7. The van der Waals surface area contributed by atoms with Crippen LogP contribution in [-0.4, -0.2) is 4.98 Å². The van der Waals surface area contributed by atoms with Gasteiger partial charge in [0.15, 0.2) is 0 Å². The molecule has 0 saturated heterocycles. The Kier molecular flexibility index (Phi) is 4.60. The number of aryl methyl sites for hydroxylation is 5. The molecule has 0 N–H and O–H groups in total. The second-order valence-electron chi connectivity index (χ2n) is 9.55. The summed E-state index contributed by atoms with van der Waals surface area (Å²) in [5.74, 6) is 1.79. The number of ether oxygens (including phenoxy) is 1. The normalized spacial score (nSPS) is 11.9. The van der Waals surface area contributed by atoms with Crippen LogP contribution in [-0.2, 0) is 0 Å². The lowest BCUT2D eigenvalue weighted by molar-refractivity contribution is 0.488. The van der Waals surface area contributed by atoms with Gasteiger partial charge in [-0.15, -0.1) is 0 Å². The highest BCUT2D eigenvalue weighted by Gasteiger charge is 2.24. The van der Waals surface area contributed by atoms with Crippen molar-refractivity contribution in [2.45, 2.75) is 34.6 Å². The predicted octanol–water partition coefficient (Wildman–Crippen LogP) is 8.88. The molecule has 2 nitrogen and oxygen atoms in total. The number of hydrogen-bond acceptors (Lipinski definition) is 2. The lowest BCUT2D eigenvalue weighted by atomic mass is 9.89. The first-order valence-electron chi connectivity index (χ1n) is 11.8. The average molecular weight is 442 g/mol. The predicted molar refractivity (Wildman–Crippen MR) is 142 cm³/mol. The van der Waals surface area contributed by atoms with E-state index in [4.69, 9.17) is 9.72 Å². The molecule has 0 saturated carbocycles. The van der Waals surface area contributed by atoms with Crippen molar-refractivity contribution < 1.29 is 4.74 Å². The minimum atomic E-state index is 0.881. The summed E-state index contributed by atoms with van der Waals surface area (Å²) in [4.78, 5) is 4.86. The molecule has 0 spiro atoms. The molecule has 4 aromatic carbocycles. The van der Waals surface area contributed by atoms with Crippen LogP contribution in [0, 0.1) is 34.6 Å². The van der Waals surface area contributed by atoms with Gasteiger partial charge in [-0.1, -0.05) is 54.1 Å². The Morgan fingerprint density at radius 1 is 0.618 bits per heavy atom. The standard InChI is InChI=1S/C32H27NO/c1-18-14-20(3)30(21(4)15-18)27-16-28(33-17-22(27)5)26-11-7-10-25-24-9-6-8-23-19(2)12-13-29(31(23)24)34-32(25)26/h6-17H,1-5H3. The summed E-state index contributed by atoms with van der Waals surface area (Å²) < 4.78 is 6.59. The van der Waals surface area contributed by atoms with Crippen molar-refractivity contribution in [2.24, 2.45) is 0 Å². The van der Waals surface area contributed by atoms with Crippen molar-refractivity contribution in [1.29, 1.82) is 0 Å². The van der Waals surface area contributed by atoms with E-state index in [1.807, 2.05) is 6.20 Å². The molecular weight excluding hydrogens is 414 g/mol. The molecule has 5 aromatic rings. The first-order chi connectivity index (χ1) is 16.4. The summed E-state index contributed by atoms with van der Waals surface area (Å²) in [7, 11) is 0. The Balaban J connectivity index is 1.57. The third kappa shape index (κ3) is 3.06. The fourth-order valence-corrected chi connectivity index (χ4v) is 5.55. The largest absolute Gasteiger partial charge is 0.455 e. The molecule has 0 bridgehead atoms. The molecular formula is C32H27NO. The number of nitrogens with zero attached hydrogens (tertiary/aromatic N) is 1. The van der Waals surface area contributed by atoms with Gasteiger partial charge < -0.3 is 4.74 Å². The molecule has 2 heterocycles. The quantitative estimate of drug-likeness (QED) is 0.268. The smallest absolute Gasteiger partial charge is 0.144 e. The van der Waals surface area contributed by atoms with Crippen molar-refractivity contribution in [3.05, 3.63) is 101 Å². The highest BCUT2D eigenvalue weighted by Crippen LogP contribution is 2.50. The molecule has 0 unspecified atom stereocenters. The summed E-state index contributed by atoms with van der Waals surface area (Å²) in [6.45, 7) is 10.8. The van der Waals surface area contributed by atoms with Gasteiger partial charge in [-0.3, -0.25) is 4.98 Å². The van der Waals surface area contributed by atoms with E-state index in [-0.39, 0.29) is 0 Å². The monoisotopic (exact) mass is 441 g/mol. The second-order valence-corrected chi connectivity index (χ2v) is 9.55. The van der Waals surface area contributed by atoms with Gasteiger partial charge in [0.05, 0.1) is 5.69 Å². The molecule has 0 radical (unpaired) electrons. The third-order valence-corrected chi connectivity index (χ3v) is 7.06. The van der Waals surface area contributed by atoms with Gasteiger partial charge in [0.2, 0.25) is 0 Å². The lowest BCUT2D eigenvalue weighted by Gasteiger charge is -2.24. The van der Waals surface area contributed by atoms with Gasteiger partial charge in [0.25, 0.3) is 0 Å². The van der Waals surface area contributed by atoms with Crippen LogP contribution in [0.4, 0.5) is 0 Å². The van der Waals surface area contributed by atoms with Gasteiger partial charge >= 0.3 is 0 Å². The Bertz CT molecular complexity index is 1600. The second kappa shape index (κ2) is 7.56. The summed E-state index contributed by atoms with van der Waals surface area (Å²) in [5, 5.41) is 2.43. The van der Waals surface area contributed by atoms with E-state index in [1.165, 1.54) is 55.3 Å². The SMILES string of the molecule is Cc1cc(C)c(-c2cc(-c3cccc4c3Oc3ccc(C)c5cccc-4c35)ncc2C)c(C)c1. The molecule has 6 rings (SSSR count). The number of hydrogen-bond donors (Lipinski definition) is 0. The van der Waals surface area contributed by atoms with Gasteiger partial charge in [0, 0.05) is 22.7 Å². The third-order valence-electron chi connectivity index (χ3n) is 7.06. The van der Waals surface area contributed by atoms with Crippen LogP contribution >= 0.6 is 0 Å².